The molecule has 0 spiro atoms. The lowest BCUT2D eigenvalue weighted by Crippen LogP contribution is -2.47. The van der Waals surface area contributed by atoms with Crippen molar-refractivity contribution in [1.29, 1.82) is 0 Å². The van der Waals surface area contributed by atoms with E-state index >= 15 is 0 Å². The highest BCUT2D eigenvalue weighted by molar-refractivity contribution is 5.80. The van der Waals surface area contributed by atoms with Gasteiger partial charge in [0, 0.05) is 19.0 Å². The molecule has 0 aliphatic carbocycles. The molecule has 1 saturated heterocycles. The van der Waals surface area contributed by atoms with Crippen LogP contribution in [0.15, 0.2) is 42.5 Å². The summed E-state index contributed by atoms with van der Waals surface area (Å²) in [4.78, 5) is 18.1. The number of carbonyl (C=O) groups is 1. The molecule has 2 aromatic rings. The zero-order valence-electron chi connectivity index (χ0n) is 19.5. The second-order valence-corrected chi connectivity index (χ2v) is 9.53. The fourth-order valence-electron chi connectivity index (χ4n) is 5.35. The SMILES string of the molecule is COc1cccc(CCN2CCC(C(=O)N3CCc4cc(F)ccc4C3C(C)C)CC2)c1. The van der Waals surface area contributed by atoms with Crippen molar-refractivity contribution in [2.45, 2.75) is 45.6 Å². The Labute approximate surface area is 191 Å². The van der Waals surface area contributed by atoms with Gasteiger partial charge in [-0.1, -0.05) is 32.0 Å². The monoisotopic (exact) mass is 438 g/mol. The third-order valence-electron chi connectivity index (χ3n) is 7.08. The highest BCUT2D eigenvalue weighted by Crippen LogP contribution is 2.37. The summed E-state index contributed by atoms with van der Waals surface area (Å²) in [6.45, 7) is 7.93. The lowest BCUT2D eigenvalue weighted by molar-refractivity contribution is -0.141. The Morgan fingerprint density at radius 3 is 2.62 bits per heavy atom. The van der Waals surface area contributed by atoms with Crippen LogP contribution < -0.4 is 4.74 Å². The molecule has 2 heterocycles. The zero-order valence-corrected chi connectivity index (χ0v) is 19.5. The molecule has 0 bridgehead atoms. The predicted octanol–water partition coefficient (Wildman–Crippen LogP) is 4.87. The molecule has 4 rings (SSSR count). The van der Waals surface area contributed by atoms with Crippen molar-refractivity contribution < 1.29 is 13.9 Å². The molecule has 172 valence electrons. The van der Waals surface area contributed by atoms with Crippen LogP contribution in [0.2, 0.25) is 0 Å². The van der Waals surface area contributed by atoms with Gasteiger partial charge in [0.05, 0.1) is 13.2 Å². The minimum absolute atomic E-state index is 0.0398. The van der Waals surface area contributed by atoms with E-state index in [4.69, 9.17) is 4.74 Å². The quantitative estimate of drug-likeness (QED) is 0.645. The maximum atomic E-state index is 13.7. The number of halogens is 1. The Morgan fingerprint density at radius 2 is 1.91 bits per heavy atom. The molecule has 2 aliphatic rings. The molecule has 2 aromatic carbocycles. The summed E-state index contributed by atoms with van der Waals surface area (Å²) in [5.74, 6) is 1.38. The molecular weight excluding hydrogens is 403 g/mol. The number of benzene rings is 2. The third-order valence-corrected chi connectivity index (χ3v) is 7.08. The zero-order chi connectivity index (χ0) is 22.7. The fraction of sp³-hybridized carbons (Fsp3) is 0.519. The van der Waals surface area contributed by atoms with E-state index in [0.29, 0.717) is 12.5 Å². The van der Waals surface area contributed by atoms with Crippen molar-refractivity contribution in [3.8, 4) is 5.75 Å². The van der Waals surface area contributed by atoms with Gasteiger partial charge in [0.2, 0.25) is 5.91 Å². The highest BCUT2D eigenvalue weighted by atomic mass is 19.1. The maximum Gasteiger partial charge on any atom is 0.226 e. The molecule has 0 radical (unpaired) electrons. The summed E-state index contributed by atoms with van der Waals surface area (Å²) in [6, 6.07) is 13.4. The number of fused-ring (bicyclic) bond motifs is 1. The van der Waals surface area contributed by atoms with E-state index in [1.54, 1.807) is 13.2 Å². The average molecular weight is 439 g/mol. The minimum atomic E-state index is -0.188. The molecule has 32 heavy (non-hydrogen) atoms. The van der Waals surface area contributed by atoms with Crippen LogP contribution >= 0.6 is 0 Å². The number of amides is 1. The van der Waals surface area contributed by atoms with E-state index in [0.717, 1.165) is 62.2 Å². The Kier molecular flexibility index (Phi) is 7.14. The normalized spacial score (nSPS) is 19.8. The Morgan fingerprint density at radius 1 is 1.12 bits per heavy atom. The number of piperidine rings is 1. The standard InChI is InChI=1S/C27H35FN2O2/c1-19(2)26-25-8-7-23(28)18-22(25)12-16-30(26)27(31)21-10-14-29(15-11-21)13-9-20-5-4-6-24(17-20)32-3/h4-8,17-19,21,26H,9-16H2,1-3H3. The molecule has 0 N–H and O–H groups in total. The molecule has 1 fully saturated rings. The van der Waals surface area contributed by atoms with Crippen molar-refractivity contribution in [3.05, 3.63) is 65.0 Å². The molecule has 4 nitrogen and oxygen atoms in total. The van der Waals surface area contributed by atoms with Gasteiger partial charge in [-0.3, -0.25) is 4.79 Å². The van der Waals surface area contributed by atoms with Gasteiger partial charge in [-0.15, -0.1) is 0 Å². The molecule has 1 atom stereocenters. The summed E-state index contributed by atoms with van der Waals surface area (Å²) in [7, 11) is 1.70. The van der Waals surface area contributed by atoms with E-state index in [1.165, 1.54) is 11.6 Å². The van der Waals surface area contributed by atoms with Gasteiger partial charge in [-0.25, -0.2) is 4.39 Å². The minimum Gasteiger partial charge on any atom is -0.497 e. The van der Waals surface area contributed by atoms with Crippen molar-refractivity contribution in [1.82, 2.24) is 9.80 Å². The van der Waals surface area contributed by atoms with Crippen molar-refractivity contribution in [3.63, 3.8) is 0 Å². The first-order valence-electron chi connectivity index (χ1n) is 11.9. The second kappa shape index (κ2) is 10.0. The van der Waals surface area contributed by atoms with Gasteiger partial charge < -0.3 is 14.5 Å². The number of rotatable bonds is 6. The molecule has 1 amide bonds. The van der Waals surface area contributed by atoms with Crippen LogP contribution in [-0.4, -0.2) is 49.0 Å². The number of hydrogen-bond donors (Lipinski definition) is 0. The van der Waals surface area contributed by atoms with Crippen LogP contribution in [0.3, 0.4) is 0 Å². The second-order valence-electron chi connectivity index (χ2n) is 9.53. The number of nitrogens with zero attached hydrogens (tertiary/aromatic N) is 2. The van der Waals surface area contributed by atoms with Crippen molar-refractivity contribution in [2.75, 3.05) is 33.3 Å². The Balaban J connectivity index is 1.35. The van der Waals surface area contributed by atoms with Crippen molar-refractivity contribution in [2.24, 2.45) is 11.8 Å². The number of likely N-dealkylation sites (tertiary alicyclic amines) is 1. The largest absolute Gasteiger partial charge is 0.497 e. The van der Waals surface area contributed by atoms with E-state index < -0.39 is 0 Å². The summed E-state index contributed by atoms with van der Waals surface area (Å²) in [5, 5.41) is 0. The first-order chi connectivity index (χ1) is 15.5. The summed E-state index contributed by atoms with van der Waals surface area (Å²) >= 11 is 0. The first kappa shape index (κ1) is 22.8. The Hall–Kier alpha value is -2.40. The lowest BCUT2D eigenvalue weighted by Gasteiger charge is -2.42. The Bertz CT molecular complexity index is 937. The van der Waals surface area contributed by atoms with Crippen LogP contribution in [0, 0.1) is 17.7 Å². The van der Waals surface area contributed by atoms with Crippen LogP contribution in [0.25, 0.3) is 0 Å². The predicted molar refractivity (Wildman–Crippen MR) is 125 cm³/mol. The number of carbonyl (C=O) groups excluding carboxylic acids is 1. The molecular formula is C27H35FN2O2. The van der Waals surface area contributed by atoms with E-state index in [9.17, 15) is 9.18 Å². The summed E-state index contributed by atoms with van der Waals surface area (Å²) in [5.41, 5.74) is 3.46. The lowest BCUT2D eigenvalue weighted by atomic mass is 9.84. The van der Waals surface area contributed by atoms with Gasteiger partial charge in [-0.2, -0.15) is 0 Å². The topological polar surface area (TPSA) is 32.8 Å². The van der Waals surface area contributed by atoms with Crippen molar-refractivity contribution >= 4 is 5.91 Å². The maximum absolute atomic E-state index is 13.7. The molecule has 1 unspecified atom stereocenters. The van der Waals surface area contributed by atoms with Gasteiger partial charge in [0.1, 0.15) is 11.6 Å². The summed E-state index contributed by atoms with van der Waals surface area (Å²) < 4.78 is 19.0. The number of ether oxygens (including phenoxy) is 1. The highest BCUT2D eigenvalue weighted by Gasteiger charge is 2.37. The van der Waals surface area contributed by atoms with E-state index in [1.807, 2.05) is 18.2 Å². The van der Waals surface area contributed by atoms with Crippen LogP contribution in [0.1, 0.15) is 49.4 Å². The van der Waals surface area contributed by atoms with Gasteiger partial charge >= 0.3 is 0 Å². The number of hydrogen-bond acceptors (Lipinski definition) is 3. The molecule has 0 aromatic heterocycles. The third kappa shape index (κ3) is 4.98. The molecule has 2 aliphatic heterocycles. The van der Waals surface area contributed by atoms with Crippen LogP contribution in [-0.2, 0) is 17.6 Å². The molecule has 5 heteroatoms. The van der Waals surface area contributed by atoms with E-state index in [-0.39, 0.29) is 23.7 Å². The number of methoxy groups -OCH3 is 1. The van der Waals surface area contributed by atoms with Crippen LogP contribution in [0.4, 0.5) is 4.39 Å². The summed E-state index contributed by atoms with van der Waals surface area (Å²) in [6.07, 6.45) is 3.55. The van der Waals surface area contributed by atoms with Crippen LogP contribution in [0.5, 0.6) is 5.75 Å². The van der Waals surface area contributed by atoms with E-state index in [2.05, 4.69) is 35.8 Å². The average Bonchev–Trinajstić information content (AvgIpc) is 2.81. The van der Waals surface area contributed by atoms with Gasteiger partial charge in [-0.05, 0) is 85.6 Å². The first-order valence-corrected chi connectivity index (χ1v) is 11.9. The smallest absolute Gasteiger partial charge is 0.226 e. The molecule has 0 saturated carbocycles. The van der Waals surface area contributed by atoms with Gasteiger partial charge in [0.25, 0.3) is 0 Å². The fourth-order valence-corrected chi connectivity index (χ4v) is 5.35. The van der Waals surface area contributed by atoms with Gasteiger partial charge in [0.15, 0.2) is 0 Å².